The van der Waals surface area contributed by atoms with E-state index in [1.165, 1.54) is 40.4 Å². The Morgan fingerprint density at radius 1 is 0.625 bits per heavy atom. The molecule has 2 nitrogen and oxygen atoms in total. The monoisotopic (exact) mass is 492 g/mol. The van der Waals surface area contributed by atoms with Crippen LogP contribution in [0.15, 0.2) is 36.4 Å². The van der Waals surface area contributed by atoms with Gasteiger partial charge in [0.25, 0.3) is 0 Å². The first-order valence-electron chi connectivity index (χ1n) is 10.9. The summed E-state index contributed by atoms with van der Waals surface area (Å²) < 4.78 is 0. The van der Waals surface area contributed by atoms with Crippen molar-refractivity contribution in [1.82, 2.24) is 0 Å². The summed E-state index contributed by atoms with van der Waals surface area (Å²) in [6.45, 7) is 4.41. The molecule has 0 atom stereocenters. The molecule has 0 unspecified atom stereocenters. The SMILES string of the molecule is CCCCc1cc(C#N)sc1-c1ccc(-c2ccc(-c3sc(C#N)cc3CCCC)s2)s1. The van der Waals surface area contributed by atoms with Gasteiger partial charge in [0.15, 0.2) is 0 Å². The Morgan fingerprint density at radius 3 is 1.41 bits per heavy atom. The van der Waals surface area contributed by atoms with Crippen LogP contribution in [0.25, 0.3) is 29.3 Å². The lowest BCUT2D eigenvalue weighted by molar-refractivity contribution is 0.798. The van der Waals surface area contributed by atoms with E-state index in [9.17, 15) is 10.5 Å². The van der Waals surface area contributed by atoms with Crippen LogP contribution in [0.3, 0.4) is 0 Å². The molecule has 0 saturated carbocycles. The Morgan fingerprint density at radius 2 is 1.03 bits per heavy atom. The third-order valence-electron chi connectivity index (χ3n) is 5.34. The van der Waals surface area contributed by atoms with Crippen LogP contribution >= 0.6 is 45.3 Å². The van der Waals surface area contributed by atoms with E-state index in [1.54, 1.807) is 22.7 Å². The van der Waals surface area contributed by atoms with E-state index in [-0.39, 0.29) is 0 Å². The van der Waals surface area contributed by atoms with Gasteiger partial charge < -0.3 is 0 Å². The van der Waals surface area contributed by atoms with Crippen molar-refractivity contribution in [3.63, 3.8) is 0 Å². The van der Waals surface area contributed by atoms with Crippen molar-refractivity contribution in [2.75, 3.05) is 0 Å². The molecular weight excluding hydrogens is 469 g/mol. The van der Waals surface area contributed by atoms with Gasteiger partial charge in [0, 0.05) is 29.3 Å². The molecule has 0 N–H and O–H groups in total. The number of aryl methyl sites for hydroxylation is 2. The summed E-state index contributed by atoms with van der Waals surface area (Å²) >= 11 is 6.84. The van der Waals surface area contributed by atoms with Gasteiger partial charge in [0.1, 0.15) is 21.9 Å². The van der Waals surface area contributed by atoms with E-state index < -0.39 is 0 Å². The molecule has 0 radical (unpaired) electrons. The van der Waals surface area contributed by atoms with E-state index in [4.69, 9.17) is 0 Å². The Bertz CT molecular complexity index is 1190. The molecule has 0 aliphatic carbocycles. The van der Waals surface area contributed by atoms with Crippen LogP contribution in [0.4, 0.5) is 0 Å². The summed E-state index contributed by atoms with van der Waals surface area (Å²) in [5, 5.41) is 18.8. The highest BCUT2D eigenvalue weighted by Crippen LogP contribution is 2.45. The highest BCUT2D eigenvalue weighted by molar-refractivity contribution is 7.28. The molecule has 162 valence electrons. The predicted molar refractivity (Wildman–Crippen MR) is 141 cm³/mol. The number of rotatable bonds is 9. The van der Waals surface area contributed by atoms with Crippen LogP contribution in [0.2, 0.25) is 0 Å². The molecule has 0 fully saturated rings. The Balaban J connectivity index is 1.63. The Hall–Kier alpha value is -2.22. The second kappa shape index (κ2) is 10.6. The molecule has 4 heterocycles. The maximum atomic E-state index is 9.38. The lowest BCUT2D eigenvalue weighted by Crippen LogP contribution is -1.83. The first-order chi connectivity index (χ1) is 15.7. The summed E-state index contributed by atoms with van der Waals surface area (Å²) in [5.41, 5.74) is 2.61. The van der Waals surface area contributed by atoms with Gasteiger partial charge >= 0.3 is 0 Å². The van der Waals surface area contributed by atoms with Crippen molar-refractivity contribution in [2.24, 2.45) is 0 Å². The molecule has 0 aliphatic heterocycles. The van der Waals surface area contributed by atoms with Crippen LogP contribution in [-0.2, 0) is 12.8 Å². The van der Waals surface area contributed by atoms with Gasteiger partial charge in [-0.05, 0) is 73.2 Å². The zero-order valence-corrected chi connectivity index (χ0v) is 21.5. The van der Waals surface area contributed by atoms with Crippen LogP contribution in [0.5, 0.6) is 0 Å². The summed E-state index contributed by atoms with van der Waals surface area (Å²) in [5.74, 6) is 0. The summed E-state index contributed by atoms with van der Waals surface area (Å²) in [7, 11) is 0. The minimum atomic E-state index is 0.796. The number of thiophene rings is 4. The highest BCUT2D eigenvalue weighted by atomic mass is 32.1. The number of hydrogen-bond donors (Lipinski definition) is 0. The van der Waals surface area contributed by atoms with Crippen molar-refractivity contribution in [2.45, 2.75) is 52.4 Å². The van der Waals surface area contributed by atoms with Crippen molar-refractivity contribution in [3.8, 4) is 41.4 Å². The van der Waals surface area contributed by atoms with Crippen molar-refractivity contribution >= 4 is 45.3 Å². The second-order valence-electron chi connectivity index (χ2n) is 7.69. The molecule has 6 heteroatoms. The average molecular weight is 493 g/mol. The lowest BCUT2D eigenvalue weighted by atomic mass is 10.1. The van der Waals surface area contributed by atoms with Gasteiger partial charge in [0.2, 0.25) is 0 Å². The topological polar surface area (TPSA) is 47.6 Å². The molecule has 4 rings (SSSR count). The molecule has 0 spiro atoms. The molecule has 0 amide bonds. The number of nitriles is 2. The Kier molecular flexibility index (Phi) is 7.60. The minimum Gasteiger partial charge on any atom is -0.192 e. The van der Waals surface area contributed by atoms with Crippen molar-refractivity contribution in [1.29, 1.82) is 10.5 Å². The predicted octanol–water partition coefficient (Wildman–Crippen LogP) is 9.36. The van der Waals surface area contributed by atoms with Crippen LogP contribution in [0.1, 0.15) is 60.4 Å². The summed E-state index contributed by atoms with van der Waals surface area (Å²) in [4.78, 5) is 9.12. The number of nitrogens with zero attached hydrogens (tertiary/aromatic N) is 2. The van der Waals surface area contributed by atoms with E-state index in [0.717, 1.165) is 48.3 Å². The summed E-state index contributed by atoms with van der Waals surface area (Å²) in [6.07, 6.45) is 6.66. The standard InChI is InChI=1S/C26H24N2S4/c1-3-5-7-17-13-19(15-27)29-25(17)23-11-9-21(31-23)22-10-12-24(32-22)26-18(8-6-4-2)14-20(16-28)30-26/h9-14H,3-8H2,1-2H3. The Labute approximate surface area is 206 Å². The molecule has 0 aromatic carbocycles. The van der Waals surface area contributed by atoms with Gasteiger partial charge in [-0.3, -0.25) is 0 Å². The van der Waals surface area contributed by atoms with E-state index in [1.807, 2.05) is 22.7 Å². The molecule has 0 aliphatic rings. The zero-order chi connectivity index (χ0) is 22.5. The van der Waals surface area contributed by atoms with Crippen LogP contribution < -0.4 is 0 Å². The first-order valence-corrected chi connectivity index (χ1v) is 14.2. The number of unbranched alkanes of at least 4 members (excludes halogenated alkanes) is 2. The van der Waals surface area contributed by atoms with Gasteiger partial charge in [-0.1, -0.05) is 26.7 Å². The third kappa shape index (κ3) is 4.90. The van der Waals surface area contributed by atoms with Crippen molar-refractivity contribution < 1.29 is 0 Å². The average Bonchev–Trinajstić information content (AvgIpc) is 3.59. The molecule has 4 aromatic rings. The van der Waals surface area contributed by atoms with Crippen LogP contribution in [-0.4, -0.2) is 0 Å². The summed E-state index contributed by atoms with van der Waals surface area (Å²) in [6, 6.07) is 17.6. The molecular formula is C26H24N2S4. The zero-order valence-electron chi connectivity index (χ0n) is 18.2. The molecule has 32 heavy (non-hydrogen) atoms. The van der Waals surface area contributed by atoms with Crippen LogP contribution in [0, 0.1) is 22.7 Å². The maximum absolute atomic E-state index is 9.38. The largest absolute Gasteiger partial charge is 0.192 e. The highest BCUT2D eigenvalue weighted by Gasteiger charge is 2.17. The fourth-order valence-electron chi connectivity index (χ4n) is 3.68. The van der Waals surface area contributed by atoms with Gasteiger partial charge in [-0.2, -0.15) is 10.5 Å². The van der Waals surface area contributed by atoms with Gasteiger partial charge in [-0.15, -0.1) is 45.3 Å². The van der Waals surface area contributed by atoms with Gasteiger partial charge in [-0.25, -0.2) is 0 Å². The maximum Gasteiger partial charge on any atom is 0.110 e. The quantitative estimate of drug-likeness (QED) is 0.234. The smallest absolute Gasteiger partial charge is 0.110 e. The minimum absolute atomic E-state index is 0.796. The first kappa shape index (κ1) is 23.0. The fourth-order valence-corrected chi connectivity index (χ4v) is 8.08. The third-order valence-corrected chi connectivity index (χ3v) is 10.2. The molecule has 4 aromatic heterocycles. The van der Waals surface area contributed by atoms with E-state index in [2.05, 4.69) is 62.4 Å². The normalized spacial score (nSPS) is 10.9. The number of hydrogen-bond acceptors (Lipinski definition) is 6. The van der Waals surface area contributed by atoms with E-state index >= 15 is 0 Å². The van der Waals surface area contributed by atoms with Crippen molar-refractivity contribution in [3.05, 3.63) is 57.3 Å². The second-order valence-corrected chi connectivity index (χ2v) is 12.0. The fraction of sp³-hybridized carbons (Fsp3) is 0.308. The molecule has 0 saturated heterocycles. The van der Waals surface area contributed by atoms with E-state index in [0.29, 0.717) is 0 Å². The molecule has 0 bridgehead atoms. The lowest BCUT2D eigenvalue weighted by Gasteiger charge is -2.00. The van der Waals surface area contributed by atoms with Gasteiger partial charge in [0.05, 0.1) is 0 Å².